The van der Waals surface area contributed by atoms with E-state index < -0.39 is 18.4 Å². The Balaban J connectivity index is 1.20. The van der Waals surface area contributed by atoms with Gasteiger partial charge in [0.05, 0.1) is 24.0 Å². The van der Waals surface area contributed by atoms with Crippen molar-refractivity contribution in [3.8, 4) is 0 Å². The lowest BCUT2D eigenvalue weighted by molar-refractivity contribution is -0.117. The SMILES string of the molecule is CC(=O)N1CC(F)(F)c2c(Sc3ncc(N4CCC5(CC4)CC4CC4[C@H]5N)nc3N)cccc21. The number of fused-ring (bicyclic) bond motifs is 2. The van der Waals surface area contributed by atoms with Crippen molar-refractivity contribution in [3.05, 3.63) is 30.0 Å². The van der Waals surface area contributed by atoms with Crippen molar-refractivity contribution in [2.45, 2.75) is 54.5 Å². The molecule has 2 unspecified atom stereocenters. The second-order valence-corrected chi connectivity index (χ2v) is 11.3. The van der Waals surface area contributed by atoms with Gasteiger partial charge in [0.2, 0.25) is 5.91 Å². The van der Waals surface area contributed by atoms with Crippen molar-refractivity contribution >= 4 is 35.0 Å². The van der Waals surface area contributed by atoms with Crippen LogP contribution in [0.25, 0.3) is 0 Å². The van der Waals surface area contributed by atoms with E-state index in [1.807, 2.05) is 0 Å². The van der Waals surface area contributed by atoms with Gasteiger partial charge in [0.25, 0.3) is 5.92 Å². The Morgan fingerprint density at radius 1 is 1.26 bits per heavy atom. The van der Waals surface area contributed by atoms with E-state index in [4.69, 9.17) is 11.5 Å². The monoisotopic (exact) mass is 486 g/mol. The molecule has 1 aromatic heterocycles. The van der Waals surface area contributed by atoms with Gasteiger partial charge in [0.15, 0.2) is 5.82 Å². The summed E-state index contributed by atoms with van der Waals surface area (Å²) in [5.74, 6) is -1.07. The van der Waals surface area contributed by atoms with E-state index >= 15 is 0 Å². The topological polar surface area (TPSA) is 101 Å². The van der Waals surface area contributed by atoms with Gasteiger partial charge in [-0.05, 0) is 55.1 Å². The highest BCUT2D eigenvalue weighted by Crippen LogP contribution is 2.62. The molecule has 1 amide bonds. The first-order chi connectivity index (χ1) is 16.2. The van der Waals surface area contributed by atoms with Gasteiger partial charge in [-0.15, -0.1) is 0 Å². The smallest absolute Gasteiger partial charge is 0.293 e. The Morgan fingerprint density at radius 3 is 2.68 bits per heavy atom. The number of rotatable bonds is 3. The second kappa shape index (κ2) is 7.52. The van der Waals surface area contributed by atoms with E-state index in [0.29, 0.717) is 21.8 Å². The van der Waals surface area contributed by atoms with Gasteiger partial charge in [0.1, 0.15) is 10.8 Å². The van der Waals surface area contributed by atoms with Gasteiger partial charge >= 0.3 is 0 Å². The number of amides is 1. The zero-order chi connectivity index (χ0) is 23.8. The molecule has 2 aliphatic carbocycles. The minimum atomic E-state index is -3.14. The molecule has 180 valence electrons. The molecule has 2 saturated carbocycles. The molecule has 10 heteroatoms. The number of aromatic nitrogens is 2. The van der Waals surface area contributed by atoms with Crippen LogP contribution in [0.1, 0.15) is 38.2 Å². The molecule has 34 heavy (non-hydrogen) atoms. The van der Waals surface area contributed by atoms with Crippen molar-refractivity contribution in [1.29, 1.82) is 0 Å². The van der Waals surface area contributed by atoms with Crippen LogP contribution < -0.4 is 21.3 Å². The molecule has 1 saturated heterocycles. The molecule has 0 bridgehead atoms. The zero-order valence-electron chi connectivity index (χ0n) is 19.0. The van der Waals surface area contributed by atoms with Gasteiger partial charge in [0, 0.05) is 31.0 Å². The van der Waals surface area contributed by atoms with Gasteiger partial charge < -0.3 is 21.3 Å². The largest absolute Gasteiger partial charge is 0.381 e. The molecule has 7 nitrogen and oxygen atoms in total. The average Bonchev–Trinajstić information content (AvgIpc) is 3.43. The number of halogens is 2. The summed E-state index contributed by atoms with van der Waals surface area (Å²) in [5, 5.41) is 0.376. The predicted octanol–water partition coefficient (Wildman–Crippen LogP) is 3.62. The number of alkyl halides is 2. The molecule has 3 heterocycles. The fourth-order valence-corrected chi connectivity index (χ4v) is 7.30. The molecule has 1 aromatic carbocycles. The van der Waals surface area contributed by atoms with Crippen LogP contribution in [0.15, 0.2) is 34.3 Å². The highest BCUT2D eigenvalue weighted by molar-refractivity contribution is 7.99. The molecule has 4 aliphatic rings. The quantitative estimate of drug-likeness (QED) is 0.683. The van der Waals surface area contributed by atoms with Crippen molar-refractivity contribution < 1.29 is 13.6 Å². The standard InChI is InChI=1S/C24H28F2N6OS/c1-13(33)32-12-24(25,26)19-16(32)3-2-4-17(19)34-22-21(28)30-18(11-29-22)31-7-5-23(6-8-31)10-14-9-15(14)20(23)27/h2-4,11,14-15,20H,5-10,12,27H2,1H3,(H2,28,30)/t14?,15?,20-/m1/s1. The molecule has 0 radical (unpaired) electrons. The lowest BCUT2D eigenvalue weighted by atomic mass is 9.72. The van der Waals surface area contributed by atoms with Crippen LogP contribution in [-0.2, 0) is 10.7 Å². The average molecular weight is 487 g/mol. The molecule has 3 fully saturated rings. The molecular weight excluding hydrogens is 458 g/mol. The van der Waals surface area contributed by atoms with E-state index in [9.17, 15) is 13.6 Å². The number of carbonyl (C=O) groups is 1. The summed E-state index contributed by atoms with van der Waals surface area (Å²) in [4.78, 5) is 24.5. The van der Waals surface area contributed by atoms with E-state index in [-0.39, 0.29) is 22.5 Å². The van der Waals surface area contributed by atoms with Crippen molar-refractivity contribution in [2.75, 3.05) is 35.2 Å². The Hall–Kier alpha value is -2.46. The summed E-state index contributed by atoms with van der Waals surface area (Å²) in [6.45, 7) is 2.37. The van der Waals surface area contributed by atoms with E-state index in [1.165, 1.54) is 19.8 Å². The van der Waals surface area contributed by atoms with Gasteiger partial charge in [-0.3, -0.25) is 4.79 Å². The summed E-state index contributed by atoms with van der Waals surface area (Å²) in [7, 11) is 0. The predicted molar refractivity (Wildman–Crippen MR) is 127 cm³/mol. The Labute approximate surface area is 201 Å². The lowest BCUT2D eigenvalue weighted by Gasteiger charge is -2.43. The Kier molecular flexibility index (Phi) is 4.87. The van der Waals surface area contributed by atoms with Gasteiger partial charge in [-0.25, -0.2) is 9.97 Å². The number of piperidine rings is 1. The van der Waals surface area contributed by atoms with Crippen LogP contribution in [0.3, 0.4) is 0 Å². The molecule has 3 atom stereocenters. The summed E-state index contributed by atoms with van der Waals surface area (Å²) >= 11 is 1.06. The number of carbonyl (C=O) groups excluding carboxylic acids is 1. The number of nitrogens with two attached hydrogens (primary N) is 2. The van der Waals surface area contributed by atoms with Gasteiger partial charge in [-0.2, -0.15) is 8.78 Å². The van der Waals surface area contributed by atoms with Crippen LogP contribution in [-0.4, -0.2) is 41.6 Å². The minimum Gasteiger partial charge on any atom is -0.381 e. The molecule has 1 spiro atoms. The van der Waals surface area contributed by atoms with Crippen molar-refractivity contribution in [1.82, 2.24) is 9.97 Å². The maximum atomic E-state index is 14.8. The van der Waals surface area contributed by atoms with Crippen molar-refractivity contribution in [3.63, 3.8) is 0 Å². The molecule has 2 aliphatic heterocycles. The van der Waals surface area contributed by atoms with E-state index in [1.54, 1.807) is 24.4 Å². The lowest BCUT2D eigenvalue weighted by Crippen LogP contribution is -2.48. The fraction of sp³-hybridized carbons (Fsp3) is 0.542. The van der Waals surface area contributed by atoms with Gasteiger partial charge in [-0.1, -0.05) is 17.8 Å². The number of anilines is 3. The van der Waals surface area contributed by atoms with Crippen LogP contribution in [0.4, 0.5) is 26.1 Å². The zero-order valence-corrected chi connectivity index (χ0v) is 19.8. The van der Waals surface area contributed by atoms with Crippen LogP contribution in [0.5, 0.6) is 0 Å². The maximum absolute atomic E-state index is 14.8. The van der Waals surface area contributed by atoms with Crippen LogP contribution in [0, 0.1) is 17.3 Å². The number of hydrogen-bond acceptors (Lipinski definition) is 7. The number of nitrogens with zero attached hydrogens (tertiary/aromatic N) is 4. The third kappa shape index (κ3) is 3.37. The molecule has 6 rings (SSSR count). The molecule has 2 aromatic rings. The summed E-state index contributed by atoms with van der Waals surface area (Å²) in [5.41, 5.74) is 13.1. The first-order valence-corrected chi connectivity index (χ1v) is 12.6. The van der Waals surface area contributed by atoms with Crippen LogP contribution >= 0.6 is 11.8 Å². The van der Waals surface area contributed by atoms with Crippen LogP contribution in [0.2, 0.25) is 0 Å². The number of hydrogen-bond donors (Lipinski definition) is 2. The summed E-state index contributed by atoms with van der Waals surface area (Å²) in [6.07, 6.45) is 6.33. The van der Waals surface area contributed by atoms with E-state index in [2.05, 4.69) is 14.9 Å². The Morgan fingerprint density at radius 2 is 2.03 bits per heavy atom. The number of nitrogen functional groups attached to an aromatic ring is 1. The third-order valence-corrected chi connectivity index (χ3v) is 9.32. The Bertz CT molecular complexity index is 1170. The summed E-state index contributed by atoms with van der Waals surface area (Å²) < 4.78 is 29.6. The number of benzene rings is 1. The van der Waals surface area contributed by atoms with Crippen molar-refractivity contribution in [2.24, 2.45) is 23.0 Å². The summed E-state index contributed by atoms with van der Waals surface area (Å²) in [6, 6.07) is 5.13. The highest BCUT2D eigenvalue weighted by atomic mass is 32.2. The normalized spacial score (nSPS) is 28.2. The first-order valence-electron chi connectivity index (χ1n) is 11.8. The second-order valence-electron chi connectivity index (χ2n) is 10.2. The van der Waals surface area contributed by atoms with E-state index in [0.717, 1.165) is 54.4 Å². The molecular formula is C24H28F2N6OS. The third-order valence-electron chi connectivity index (χ3n) is 8.25. The molecule has 4 N–H and O–H groups in total. The maximum Gasteiger partial charge on any atom is 0.293 e. The fourth-order valence-electron chi connectivity index (χ4n) is 6.34. The highest BCUT2D eigenvalue weighted by Gasteiger charge is 2.59. The first kappa shape index (κ1) is 22.0. The minimum absolute atomic E-state index is 0.159.